The Balaban J connectivity index is 0.912. The molecule has 7 rings (SSSR count). The molecule has 0 unspecified atom stereocenters. The lowest BCUT2D eigenvalue weighted by molar-refractivity contribution is 0.0733. The van der Waals surface area contributed by atoms with E-state index in [4.69, 9.17) is 4.74 Å². The third-order valence-corrected chi connectivity index (χ3v) is 11.4. The second-order valence-corrected chi connectivity index (χ2v) is 15.6. The number of ether oxygens (including phenoxy) is 1. The summed E-state index contributed by atoms with van der Waals surface area (Å²) in [6.07, 6.45) is 0. The molecule has 336 valence electrons. The fourth-order valence-electron chi connectivity index (χ4n) is 7.12. The minimum absolute atomic E-state index is 0.178. The van der Waals surface area contributed by atoms with Gasteiger partial charge in [-0.15, -0.1) is 0 Å². The van der Waals surface area contributed by atoms with E-state index in [9.17, 15) is 28.8 Å². The summed E-state index contributed by atoms with van der Waals surface area (Å²) in [5.41, 5.74) is 6.34. The van der Waals surface area contributed by atoms with Gasteiger partial charge in [-0.3, -0.25) is 24.0 Å². The molecule has 0 aromatic heterocycles. The van der Waals surface area contributed by atoms with Crippen LogP contribution in [-0.4, -0.2) is 77.8 Å². The first-order valence-electron chi connectivity index (χ1n) is 21.2. The van der Waals surface area contributed by atoms with Gasteiger partial charge in [0, 0.05) is 104 Å². The molecule has 7 aromatic rings. The van der Waals surface area contributed by atoms with Crippen molar-refractivity contribution in [1.82, 2.24) is 0 Å². The third-order valence-electron chi connectivity index (χ3n) is 11.4. The average molecular weight is 893 g/mol. The van der Waals surface area contributed by atoms with Gasteiger partial charge in [0.25, 0.3) is 29.5 Å². The molecule has 0 saturated carbocycles. The van der Waals surface area contributed by atoms with Crippen LogP contribution in [0.1, 0.15) is 62.1 Å². The van der Waals surface area contributed by atoms with E-state index in [-0.39, 0.29) is 29.5 Å². The molecule has 13 nitrogen and oxygen atoms in total. The van der Waals surface area contributed by atoms with E-state index in [1.165, 1.54) is 24.5 Å². The van der Waals surface area contributed by atoms with E-state index in [0.717, 1.165) is 5.69 Å². The molecular weight excluding hydrogens is 845 g/mol. The molecule has 67 heavy (non-hydrogen) atoms. The van der Waals surface area contributed by atoms with Crippen LogP contribution in [0.4, 0.5) is 34.1 Å². The van der Waals surface area contributed by atoms with Crippen LogP contribution in [-0.2, 0) is 0 Å². The molecular formula is C54H48N6O7. The molecule has 7 aromatic carbocycles. The summed E-state index contributed by atoms with van der Waals surface area (Å²) in [5, 5.41) is 3.03. The quantitative estimate of drug-likeness (QED) is 0.0893. The van der Waals surface area contributed by atoms with Gasteiger partial charge >= 0.3 is 5.97 Å². The largest absolute Gasteiger partial charge is 0.423 e. The van der Waals surface area contributed by atoms with Crippen LogP contribution >= 0.6 is 0 Å². The van der Waals surface area contributed by atoms with E-state index < -0.39 is 5.97 Å². The smallest absolute Gasteiger partial charge is 0.343 e. The van der Waals surface area contributed by atoms with Gasteiger partial charge in [-0.1, -0.05) is 18.2 Å². The highest BCUT2D eigenvalue weighted by molar-refractivity contribution is 6.10. The predicted molar refractivity (Wildman–Crippen MR) is 263 cm³/mol. The van der Waals surface area contributed by atoms with Crippen LogP contribution in [0.3, 0.4) is 0 Å². The van der Waals surface area contributed by atoms with Crippen LogP contribution in [0.15, 0.2) is 176 Å². The number of carbonyl (C=O) groups is 6. The number of hydrogen-bond donors (Lipinski definition) is 1. The fraction of sp³-hybridized carbons (Fsp3) is 0.111. The first kappa shape index (κ1) is 46.2. The molecule has 0 heterocycles. The van der Waals surface area contributed by atoms with Gasteiger partial charge < -0.3 is 34.6 Å². The number of benzene rings is 7. The average Bonchev–Trinajstić information content (AvgIpc) is 3.39. The lowest BCUT2D eigenvalue weighted by Crippen LogP contribution is -2.28. The molecule has 0 radical (unpaired) electrons. The zero-order valence-corrected chi connectivity index (χ0v) is 37.8. The van der Waals surface area contributed by atoms with Gasteiger partial charge in [0.1, 0.15) is 5.75 Å². The summed E-state index contributed by atoms with van der Waals surface area (Å²) in [7, 11) is 10.1. The molecule has 0 saturated heterocycles. The number of nitrogens with zero attached hydrogens (tertiary/aromatic N) is 5. The van der Waals surface area contributed by atoms with Crippen LogP contribution < -0.4 is 34.6 Å². The number of amides is 5. The number of carbonyl (C=O) groups excluding carboxylic acids is 6. The van der Waals surface area contributed by atoms with E-state index in [0.29, 0.717) is 67.6 Å². The van der Waals surface area contributed by atoms with Crippen molar-refractivity contribution in [3.05, 3.63) is 209 Å². The predicted octanol–water partition coefficient (Wildman–Crippen LogP) is 9.33. The van der Waals surface area contributed by atoms with E-state index in [1.54, 1.807) is 193 Å². The first-order chi connectivity index (χ1) is 32.2. The first-order valence-corrected chi connectivity index (χ1v) is 21.2. The molecule has 0 bridgehead atoms. The van der Waals surface area contributed by atoms with Crippen LogP contribution in [0, 0.1) is 0 Å². The lowest BCUT2D eigenvalue weighted by Gasteiger charge is -2.21. The molecule has 1 N–H and O–H groups in total. The van der Waals surface area contributed by atoms with Crippen molar-refractivity contribution in [2.75, 3.05) is 72.1 Å². The monoisotopic (exact) mass is 892 g/mol. The van der Waals surface area contributed by atoms with Crippen molar-refractivity contribution in [3.8, 4) is 5.75 Å². The highest BCUT2D eigenvalue weighted by atomic mass is 16.5. The second kappa shape index (κ2) is 20.3. The van der Waals surface area contributed by atoms with Crippen molar-refractivity contribution >= 4 is 69.6 Å². The standard InChI is InChI=1S/C54H48N6O7/c1-55-42-24-12-36(13-25-42)49(61)56(2)43-26-14-37(15-27-43)50(62)57(3)44-28-16-38(17-29-44)51(63)58(4)45-30-18-39(19-31-45)52(64)59(5)46-32-20-40(21-33-46)53(65)60(6)47-34-22-41(23-35-47)54(66)67-48-10-8-7-9-11-48/h7-35,55H,1-6H3. The summed E-state index contributed by atoms with van der Waals surface area (Å²) in [5.74, 6) is -1.37. The molecule has 0 fully saturated rings. The normalized spacial score (nSPS) is 10.6. The second-order valence-electron chi connectivity index (χ2n) is 15.6. The Labute approximate surface area is 389 Å². The zero-order chi connectivity index (χ0) is 47.8. The number of hydrogen-bond acceptors (Lipinski definition) is 8. The van der Waals surface area contributed by atoms with Crippen molar-refractivity contribution in [3.63, 3.8) is 0 Å². The minimum Gasteiger partial charge on any atom is -0.423 e. The van der Waals surface area contributed by atoms with Gasteiger partial charge in [0.15, 0.2) is 0 Å². The summed E-state index contributed by atoms with van der Waals surface area (Å²) in [6.45, 7) is 0. The summed E-state index contributed by atoms with van der Waals surface area (Å²) in [6, 6.07) is 49.3. The summed E-state index contributed by atoms with van der Waals surface area (Å²) < 4.78 is 5.40. The Morgan fingerprint density at radius 3 is 0.821 bits per heavy atom. The van der Waals surface area contributed by atoms with Gasteiger partial charge in [0.2, 0.25) is 0 Å². The zero-order valence-electron chi connectivity index (χ0n) is 37.8. The van der Waals surface area contributed by atoms with Crippen LogP contribution in [0.5, 0.6) is 5.75 Å². The van der Waals surface area contributed by atoms with Crippen molar-refractivity contribution < 1.29 is 33.5 Å². The number of para-hydroxylation sites is 1. The highest BCUT2D eigenvalue weighted by Crippen LogP contribution is 2.25. The fourth-order valence-corrected chi connectivity index (χ4v) is 7.12. The Hall–Kier alpha value is -8.84. The van der Waals surface area contributed by atoms with Crippen molar-refractivity contribution in [1.29, 1.82) is 0 Å². The summed E-state index contributed by atoms with van der Waals surface area (Å²) >= 11 is 0. The van der Waals surface area contributed by atoms with Crippen LogP contribution in [0.2, 0.25) is 0 Å². The van der Waals surface area contributed by atoms with Crippen molar-refractivity contribution in [2.24, 2.45) is 0 Å². The molecule has 0 atom stereocenters. The van der Waals surface area contributed by atoms with Crippen LogP contribution in [0.25, 0.3) is 0 Å². The third kappa shape index (κ3) is 10.4. The van der Waals surface area contributed by atoms with Gasteiger partial charge in [-0.25, -0.2) is 4.79 Å². The lowest BCUT2D eigenvalue weighted by atomic mass is 10.1. The summed E-state index contributed by atoms with van der Waals surface area (Å²) in [4.78, 5) is 86.9. The molecule has 0 aliphatic heterocycles. The Morgan fingerprint density at radius 1 is 0.328 bits per heavy atom. The van der Waals surface area contributed by atoms with E-state index >= 15 is 0 Å². The Bertz CT molecular complexity index is 2910. The van der Waals surface area contributed by atoms with E-state index in [1.807, 2.05) is 25.2 Å². The maximum absolute atomic E-state index is 13.5. The molecule has 5 amide bonds. The number of rotatable bonds is 13. The molecule has 0 aliphatic carbocycles. The van der Waals surface area contributed by atoms with Gasteiger partial charge in [-0.05, 0) is 158 Å². The number of esters is 1. The Morgan fingerprint density at radius 2 is 0.567 bits per heavy atom. The van der Waals surface area contributed by atoms with Gasteiger partial charge in [0.05, 0.1) is 5.56 Å². The number of anilines is 6. The Kier molecular flexibility index (Phi) is 14.0. The molecule has 0 aliphatic rings. The highest BCUT2D eigenvalue weighted by Gasteiger charge is 2.21. The maximum atomic E-state index is 13.5. The minimum atomic E-state index is -0.507. The van der Waals surface area contributed by atoms with Crippen molar-refractivity contribution in [2.45, 2.75) is 0 Å². The topological polar surface area (TPSA) is 140 Å². The van der Waals surface area contributed by atoms with Gasteiger partial charge in [-0.2, -0.15) is 0 Å². The number of nitrogens with one attached hydrogen (secondary N) is 1. The molecule has 0 spiro atoms. The SMILES string of the molecule is CNc1ccc(C(=O)N(C)c2ccc(C(=O)N(C)c3ccc(C(=O)N(C)c4ccc(C(=O)N(C)c5ccc(C(=O)N(C)c6ccc(C(=O)Oc7ccccc7)cc6)cc5)cc4)cc3)cc2)cc1. The molecule has 13 heteroatoms. The maximum Gasteiger partial charge on any atom is 0.343 e. The van der Waals surface area contributed by atoms with E-state index in [2.05, 4.69) is 5.32 Å².